The summed E-state index contributed by atoms with van der Waals surface area (Å²) in [7, 11) is 0. The number of aliphatic hydroxyl groups is 1. The molecule has 0 aliphatic carbocycles. The van der Waals surface area contributed by atoms with Crippen LogP contribution in [0.15, 0.2) is 6.20 Å². The Kier molecular flexibility index (Phi) is 5.49. The zero-order valence-corrected chi connectivity index (χ0v) is 11.9. The van der Waals surface area contributed by atoms with Gasteiger partial charge < -0.3 is 15.3 Å². The Labute approximate surface area is 118 Å². The second kappa shape index (κ2) is 7.35. The number of rotatable bonds is 7. The second-order valence-electron chi connectivity index (χ2n) is 5.32. The van der Waals surface area contributed by atoms with Gasteiger partial charge in [-0.25, -0.2) is 0 Å². The van der Waals surface area contributed by atoms with Crippen LogP contribution in [0.1, 0.15) is 36.7 Å². The van der Waals surface area contributed by atoms with Crippen molar-refractivity contribution in [3.05, 3.63) is 11.9 Å². The number of nitrogens with zero attached hydrogens (tertiary/aromatic N) is 3. The summed E-state index contributed by atoms with van der Waals surface area (Å²) in [6.07, 6.45) is 4.42. The highest BCUT2D eigenvalue weighted by Crippen LogP contribution is 2.22. The average molecular weight is 281 g/mol. The molecule has 1 aromatic heterocycles. The molecule has 7 heteroatoms. The molecule has 1 amide bonds. The minimum absolute atomic E-state index is 0.151. The van der Waals surface area contributed by atoms with E-state index in [9.17, 15) is 4.79 Å². The standard InChI is InChI=1S/C13H23N5O2/c1-2-4-10-8-18(5-3-6-19)9-12(10)15-13(20)11-7-14-17-16-11/h7,10,12,19H,2-6,8-9H2,1H3,(H,15,20)(H,14,16,17)/t10-,12-/m1/s1. The SMILES string of the molecule is CCC[C@@H]1CN(CCCO)C[C@H]1NC(=O)c1cn[nH]n1. The van der Waals surface area contributed by atoms with Gasteiger partial charge in [0.1, 0.15) is 0 Å². The number of carbonyl (C=O) groups excluding carboxylic acids is 1. The van der Waals surface area contributed by atoms with Crippen molar-refractivity contribution >= 4 is 5.91 Å². The normalized spacial score (nSPS) is 23.1. The maximum absolute atomic E-state index is 12.0. The summed E-state index contributed by atoms with van der Waals surface area (Å²) in [6.45, 7) is 5.08. The van der Waals surface area contributed by atoms with Crippen molar-refractivity contribution in [2.45, 2.75) is 32.2 Å². The fourth-order valence-electron chi connectivity index (χ4n) is 2.82. The number of carbonyl (C=O) groups is 1. The maximum atomic E-state index is 12.0. The molecule has 1 saturated heterocycles. The first-order valence-electron chi connectivity index (χ1n) is 7.24. The van der Waals surface area contributed by atoms with E-state index >= 15 is 0 Å². The fourth-order valence-corrected chi connectivity index (χ4v) is 2.82. The Balaban J connectivity index is 1.91. The molecule has 20 heavy (non-hydrogen) atoms. The summed E-state index contributed by atoms with van der Waals surface area (Å²) in [5.74, 6) is 0.295. The number of likely N-dealkylation sites (tertiary alicyclic amines) is 1. The van der Waals surface area contributed by atoms with E-state index in [2.05, 4.69) is 32.6 Å². The lowest BCUT2D eigenvalue weighted by atomic mass is 9.98. The first-order valence-corrected chi connectivity index (χ1v) is 7.24. The van der Waals surface area contributed by atoms with Gasteiger partial charge in [-0.2, -0.15) is 15.4 Å². The molecule has 2 heterocycles. The molecule has 0 saturated carbocycles. The third-order valence-corrected chi connectivity index (χ3v) is 3.77. The first kappa shape index (κ1) is 14.9. The van der Waals surface area contributed by atoms with Crippen LogP contribution in [0.25, 0.3) is 0 Å². The van der Waals surface area contributed by atoms with E-state index in [0.717, 1.165) is 38.9 Å². The second-order valence-corrected chi connectivity index (χ2v) is 5.32. The molecular weight excluding hydrogens is 258 g/mol. The summed E-state index contributed by atoms with van der Waals surface area (Å²) in [6, 6.07) is 0.151. The van der Waals surface area contributed by atoms with Crippen LogP contribution in [0.3, 0.4) is 0 Å². The average Bonchev–Trinajstić information content (AvgIpc) is 3.07. The van der Waals surface area contributed by atoms with Crippen molar-refractivity contribution in [3.63, 3.8) is 0 Å². The summed E-state index contributed by atoms with van der Waals surface area (Å²) in [4.78, 5) is 14.3. The summed E-state index contributed by atoms with van der Waals surface area (Å²) in [5, 5.41) is 21.9. The molecular formula is C13H23N5O2. The van der Waals surface area contributed by atoms with Gasteiger partial charge in [-0.1, -0.05) is 13.3 Å². The molecule has 2 rings (SSSR count). The lowest BCUT2D eigenvalue weighted by Gasteiger charge is -2.18. The highest BCUT2D eigenvalue weighted by atomic mass is 16.3. The third-order valence-electron chi connectivity index (χ3n) is 3.77. The van der Waals surface area contributed by atoms with Crippen LogP contribution in [0.5, 0.6) is 0 Å². The van der Waals surface area contributed by atoms with Gasteiger partial charge in [0.05, 0.1) is 6.20 Å². The Morgan fingerprint density at radius 3 is 3.10 bits per heavy atom. The van der Waals surface area contributed by atoms with Gasteiger partial charge in [-0.05, 0) is 18.8 Å². The number of aliphatic hydroxyl groups excluding tert-OH is 1. The van der Waals surface area contributed by atoms with E-state index in [-0.39, 0.29) is 18.6 Å². The van der Waals surface area contributed by atoms with E-state index in [1.807, 2.05) is 0 Å². The highest BCUT2D eigenvalue weighted by molar-refractivity contribution is 5.92. The number of hydrogen-bond acceptors (Lipinski definition) is 5. The van der Waals surface area contributed by atoms with Crippen molar-refractivity contribution in [3.8, 4) is 0 Å². The van der Waals surface area contributed by atoms with Crippen LogP contribution in [-0.2, 0) is 0 Å². The van der Waals surface area contributed by atoms with E-state index in [0.29, 0.717) is 11.6 Å². The van der Waals surface area contributed by atoms with Gasteiger partial charge in [0, 0.05) is 32.3 Å². The number of aromatic nitrogens is 3. The number of amides is 1. The van der Waals surface area contributed by atoms with Gasteiger partial charge in [0.25, 0.3) is 5.91 Å². The molecule has 1 aliphatic rings. The quantitative estimate of drug-likeness (QED) is 0.655. The lowest BCUT2D eigenvalue weighted by Crippen LogP contribution is -2.40. The predicted molar refractivity (Wildman–Crippen MR) is 74.2 cm³/mol. The van der Waals surface area contributed by atoms with Crippen molar-refractivity contribution in [1.82, 2.24) is 25.6 Å². The van der Waals surface area contributed by atoms with E-state index < -0.39 is 0 Å². The van der Waals surface area contributed by atoms with Gasteiger partial charge in [0.15, 0.2) is 5.69 Å². The van der Waals surface area contributed by atoms with Crippen molar-refractivity contribution in [1.29, 1.82) is 0 Å². The van der Waals surface area contributed by atoms with Gasteiger partial charge in [0.2, 0.25) is 0 Å². The Bertz CT molecular complexity index is 409. The van der Waals surface area contributed by atoms with Crippen LogP contribution in [0.2, 0.25) is 0 Å². The molecule has 2 atom stereocenters. The van der Waals surface area contributed by atoms with E-state index in [4.69, 9.17) is 5.11 Å². The first-order chi connectivity index (χ1) is 9.74. The molecule has 0 bridgehead atoms. The van der Waals surface area contributed by atoms with Crippen LogP contribution in [0.4, 0.5) is 0 Å². The molecule has 0 aromatic carbocycles. The summed E-state index contributed by atoms with van der Waals surface area (Å²) in [5.41, 5.74) is 0.328. The number of aromatic amines is 1. The summed E-state index contributed by atoms with van der Waals surface area (Å²) < 4.78 is 0. The minimum Gasteiger partial charge on any atom is -0.396 e. The monoisotopic (exact) mass is 281 g/mol. The number of hydrogen-bond donors (Lipinski definition) is 3. The molecule has 7 nitrogen and oxygen atoms in total. The largest absolute Gasteiger partial charge is 0.396 e. The predicted octanol–water partition coefficient (Wildman–Crippen LogP) is 0.0174. The number of H-pyrrole nitrogens is 1. The topological polar surface area (TPSA) is 94.1 Å². The minimum atomic E-state index is -0.172. The van der Waals surface area contributed by atoms with Gasteiger partial charge in [-0.15, -0.1) is 0 Å². The molecule has 0 spiro atoms. The van der Waals surface area contributed by atoms with Crippen molar-refractivity contribution in [2.75, 3.05) is 26.2 Å². The van der Waals surface area contributed by atoms with Crippen molar-refractivity contribution < 1.29 is 9.90 Å². The van der Waals surface area contributed by atoms with Crippen LogP contribution >= 0.6 is 0 Å². The highest BCUT2D eigenvalue weighted by Gasteiger charge is 2.33. The molecule has 1 aliphatic heterocycles. The Morgan fingerprint density at radius 2 is 2.45 bits per heavy atom. The zero-order chi connectivity index (χ0) is 14.4. The summed E-state index contributed by atoms with van der Waals surface area (Å²) >= 11 is 0. The maximum Gasteiger partial charge on any atom is 0.273 e. The van der Waals surface area contributed by atoms with Crippen LogP contribution in [-0.4, -0.2) is 63.6 Å². The van der Waals surface area contributed by atoms with Crippen molar-refractivity contribution in [2.24, 2.45) is 5.92 Å². The van der Waals surface area contributed by atoms with E-state index in [1.54, 1.807) is 0 Å². The zero-order valence-electron chi connectivity index (χ0n) is 11.9. The van der Waals surface area contributed by atoms with E-state index in [1.165, 1.54) is 6.20 Å². The van der Waals surface area contributed by atoms with Gasteiger partial charge >= 0.3 is 0 Å². The molecule has 0 unspecified atom stereocenters. The third kappa shape index (κ3) is 3.77. The Hall–Kier alpha value is -1.47. The molecule has 1 aromatic rings. The molecule has 1 fully saturated rings. The molecule has 112 valence electrons. The van der Waals surface area contributed by atoms with Gasteiger partial charge in [-0.3, -0.25) is 4.79 Å². The lowest BCUT2D eigenvalue weighted by molar-refractivity contribution is 0.0923. The Morgan fingerprint density at radius 1 is 1.60 bits per heavy atom. The smallest absolute Gasteiger partial charge is 0.273 e. The molecule has 0 radical (unpaired) electrons. The molecule has 3 N–H and O–H groups in total. The van der Waals surface area contributed by atoms with Crippen LogP contribution in [0, 0.1) is 5.92 Å². The van der Waals surface area contributed by atoms with Crippen LogP contribution < -0.4 is 5.32 Å². The number of nitrogens with one attached hydrogen (secondary N) is 2. The fraction of sp³-hybridized carbons (Fsp3) is 0.769.